The number of carbonyl (C=O) groups excluding carboxylic acids is 2. The van der Waals surface area contributed by atoms with E-state index in [1.54, 1.807) is 31.4 Å². The first kappa shape index (κ1) is 18.3. The standard InChI is InChI=1S/C17H18ClN3O2S/c1-11-6-7-19-15(8-11)20-16(22)10-21(2)17(23)13-9-12(24-3)4-5-14(13)18/h4-9H,10H2,1-3H3,(H,19,20,22). The van der Waals surface area contributed by atoms with Gasteiger partial charge in [0.05, 0.1) is 17.1 Å². The Morgan fingerprint density at radius 3 is 2.71 bits per heavy atom. The number of likely N-dealkylation sites (N-methyl/N-ethyl adjacent to an activating group) is 1. The monoisotopic (exact) mass is 363 g/mol. The lowest BCUT2D eigenvalue weighted by molar-refractivity contribution is -0.116. The van der Waals surface area contributed by atoms with E-state index >= 15 is 0 Å². The number of amides is 2. The molecule has 1 heterocycles. The summed E-state index contributed by atoms with van der Waals surface area (Å²) < 4.78 is 0. The third kappa shape index (κ3) is 4.72. The Morgan fingerprint density at radius 2 is 2.04 bits per heavy atom. The topological polar surface area (TPSA) is 62.3 Å². The van der Waals surface area contributed by atoms with E-state index in [0.717, 1.165) is 10.5 Å². The van der Waals surface area contributed by atoms with Crippen LogP contribution >= 0.6 is 23.4 Å². The fourth-order valence-corrected chi connectivity index (χ4v) is 2.71. The summed E-state index contributed by atoms with van der Waals surface area (Å²) in [5, 5.41) is 3.04. The minimum Gasteiger partial charge on any atom is -0.332 e. The molecule has 0 unspecified atom stereocenters. The molecule has 0 saturated carbocycles. The number of rotatable bonds is 5. The van der Waals surface area contributed by atoms with E-state index in [1.165, 1.54) is 16.7 Å². The number of nitrogens with one attached hydrogen (secondary N) is 1. The number of nitrogens with zero attached hydrogens (tertiary/aromatic N) is 2. The van der Waals surface area contributed by atoms with Gasteiger partial charge >= 0.3 is 0 Å². The van der Waals surface area contributed by atoms with Crippen molar-refractivity contribution in [2.75, 3.05) is 25.2 Å². The molecule has 24 heavy (non-hydrogen) atoms. The predicted molar refractivity (Wildman–Crippen MR) is 97.8 cm³/mol. The number of halogens is 1. The molecule has 0 aliphatic rings. The van der Waals surface area contributed by atoms with Gasteiger partial charge in [0, 0.05) is 18.1 Å². The molecule has 7 heteroatoms. The molecular weight excluding hydrogens is 346 g/mol. The van der Waals surface area contributed by atoms with Crippen molar-refractivity contribution in [2.24, 2.45) is 0 Å². The molecule has 0 bridgehead atoms. The zero-order valence-corrected chi connectivity index (χ0v) is 15.2. The van der Waals surface area contributed by atoms with E-state index in [2.05, 4.69) is 10.3 Å². The average molecular weight is 364 g/mol. The van der Waals surface area contributed by atoms with Crippen LogP contribution < -0.4 is 5.32 Å². The van der Waals surface area contributed by atoms with Gasteiger partial charge in [-0.25, -0.2) is 4.98 Å². The minimum absolute atomic E-state index is 0.0890. The van der Waals surface area contributed by atoms with Gasteiger partial charge in [0.1, 0.15) is 5.82 Å². The van der Waals surface area contributed by atoms with Crippen molar-refractivity contribution in [3.05, 3.63) is 52.7 Å². The van der Waals surface area contributed by atoms with E-state index in [1.807, 2.05) is 25.3 Å². The number of hydrogen-bond donors (Lipinski definition) is 1. The summed E-state index contributed by atoms with van der Waals surface area (Å²) in [4.78, 5) is 30.9. The fourth-order valence-electron chi connectivity index (χ4n) is 2.07. The molecule has 0 spiro atoms. The van der Waals surface area contributed by atoms with Crippen molar-refractivity contribution in [3.63, 3.8) is 0 Å². The quantitative estimate of drug-likeness (QED) is 0.826. The Labute approximate surface area is 150 Å². The fraction of sp³-hybridized carbons (Fsp3) is 0.235. The van der Waals surface area contributed by atoms with Crippen LogP contribution in [0.1, 0.15) is 15.9 Å². The van der Waals surface area contributed by atoms with Gasteiger partial charge < -0.3 is 10.2 Å². The van der Waals surface area contributed by atoms with E-state index < -0.39 is 0 Å². The second-order valence-corrected chi connectivity index (χ2v) is 6.56. The highest BCUT2D eigenvalue weighted by molar-refractivity contribution is 7.98. The summed E-state index contributed by atoms with van der Waals surface area (Å²) in [5.41, 5.74) is 1.37. The maximum absolute atomic E-state index is 12.5. The first-order valence-electron chi connectivity index (χ1n) is 7.22. The summed E-state index contributed by atoms with van der Waals surface area (Å²) in [7, 11) is 1.56. The van der Waals surface area contributed by atoms with Crippen LogP contribution in [0.25, 0.3) is 0 Å². The second-order valence-electron chi connectivity index (χ2n) is 5.27. The average Bonchev–Trinajstić information content (AvgIpc) is 2.54. The Bertz CT molecular complexity index is 767. The molecule has 0 saturated heterocycles. The van der Waals surface area contributed by atoms with Gasteiger partial charge in [-0.2, -0.15) is 0 Å². The number of pyridine rings is 1. The molecule has 2 amide bonds. The van der Waals surface area contributed by atoms with Gasteiger partial charge in [0.25, 0.3) is 5.91 Å². The zero-order valence-electron chi connectivity index (χ0n) is 13.7. The van der Waals surface area contributed by atoms with Gasteiger partial charge in [-0.1, -0.05) is 11.6 Å². The van der Waals surface area contributed by atoms with Crippen LogP contribution in [0.3, 0.4) is 0 Å². The van der Waals surface area contributed by atoms with Crippen molar-refractivity contribution in [2.45, 2.75) is 11.8 Å². The van der Waals surface area contributed by atoms with E-state index in [0.29, 0.717) is 16.4 Å². The Hall–Kier alpha value is -2.05. The van der Waals surface area contributed by atoms with Crippen molar-refractivity contribution in [1.29, 1.82) is 0 Å². The zero-order chi connectivity index (χ0) is 17.7. The molecule has 126 valence electrons. The number of aryl methyl sites for hydroxylation is 1. The summed E-state index contributed by atoms with van der Waals surface area (Å²) in [6, 6.07) is 8.86. The molecule has 0 atom stereocenters. The molecular formula is C17H18ClN3O2S. The first-order chi connectivity index (χ1) is 11.4. The third-order valence-corrected chi connectivity index (χ3v) is 4.37. The van der Waals surface area contributed by atoms with E-state index in [-0.39, 0.29) is 18.4 Å². The minimum atomic E-state index is -0.318. The first-order valence-corrected chi connectivity index (χ1v) is 8.82. The highest BCUT2D eigenvalue weighted by Gasteiger charge is 2.18. The number of anilines is 1. The van der Waals surface area contributed by atoms with Crippen LogP contribution in [0, 0.1) is 6.92 Å². The van der Waals surface area contributed by atoms with Crippen LogP contribution in [0.2, 0.25) is 5.02 Å². The van der Waals surface area contributed by atoms with Crippen LogP contribution in [0.5, 0.6) is 0 Å². The molecule has 2 rings (SSSR count). The number of benzene rings is 1. The lowest BCUT2D eigenvalue weighted by Crippen LogP contribution is -2.35. The SMILES string of the molecule is CSc1ccc(Cl)c(C(=O)N(C)CC(=O)Nc2cc(C)ccn2)c1. The van der Waals surface area contributed by atoms with Crippen LogP contribution in [0.4, 0.5) is 5.82 Å². The highest BCUT2D eigenvalue weighted by Crippen LogP contribution is 2.24. The Balaban J connectivity index is 2.04. The third-order valence-electron chi connectivity index (χ3n) is 3.31. The van der Waals surface area contributed by atoms with Crippen LogP contribution in [0.15, 0.2) is 41.4 Å². The predicted octanol–water partition coefficient (Wildman–Crippen LogP) is 3.48. The number of hydrogen-bond acceptors (Lipinski definition) is 4. The molecule has 2 aromatic rings. The second kappa shape index (κ2) is 8.17. The molecule has 0 aliphatic heterocycles. The van der Waals surface area contributed by atoms with Crippen molar-refractivity contribution < 1.29 is 9.59 Å². The summed E-state index contributed by atoms with van der Waals surface area (Å²) in [6.07, 6.45) is 3.54. The van der Waals surface area contributed by atoms with Gasteiger partial charge in [-0.3, -0.25) is 9.59 Å². The molecule has 0 fully saturated rings. The molecule has 1 N–H and O–H groups in total. The summed E-state index contributed by atoms with van der Waals surface area (Å²) in [6.45, 7) is 1.82. The molecule has 5 nitrogen and oxygen atoms in total. The Kier molecular flexibility index (Phi) is 6.23. The molecule has 1 aromatic heterocycles. The van der Waals surface area contributed by atoms with Crippen LogP contribution in [-0.4, -0.2) is 41.5 Å². The van der Waals surface area contributed by atoms with E-state index in [4.69, 9.17) is 11.6 Å². The van der Waals surface area contributed by atoms with Gasteiger partial charge in [0.15, 0.2) is 0 Å². The maximum Gasteiger partial charge on any atom is 0.255 e. The number of thioether (sulfide) groups is 1. The lowest BCUT2D eigenvalue weighted by atomic mass is 10.2. The molecule has 0 radical (unpaired) electrons. The van der Waals surface area contributed by atoms with Gasteiger partial charge in [-0.05, 0) is 49.1 Å². The number of carbonyl (C=O) groups is 2. The van der Waals surface area contributed by atoms with Crippen LogP contribution in [-0.2, 0) is 4.79 Å². The van der Waals surface area contributed by atoms with Gasteiger partial charge in [-0.15, -0.1) is 11.8 Å². The molecule has 0 aliphatic carbocycles. The normalized spacial score (nSPS) is 10.3. The van der Waals surface area contributed by atoms with E-state index in [9.17, 15) is 9.59 Å². The highest BCUT2D eigenvalue weighted by atomic mass is 35.5. The smallest absolute Gasteiger partial charge is 0.255 e. The number of aromatic nitrogens is 1. The van der Waals surface area contributed by atoms with Crippen molar-refractivity contribution in [3.8, 4) is 0 Å². The Morgan fingerprint density at radius 1 is 1.29 bits per heavy atom. The van der Waals surface area contributed by atoms with Crippen molar-refractivity contribution in [1.82, 2.24) is 9.88 Å². The maximum atomic E-state index is 12.5. The summed E-state index contributed by atoms with van der Waals surface area (Å²) in [5.74, 6) is -0.160. The lowest BCUT2D eigenvalue weighted by Gasteiger charge is -2.18. The summed E-state index contributed by atoms with van der Waals surface area (Å²) >= 11 is 7.63. The largest absolute Gasteiger partial charge is 0.332 e. The van der Waals surface area contributed by atoms with Crippen molar-refractivity contribution >= 4 is 41.0 Å². The molecule has 1 aromatic carbocycles. The van der Waals surface area contributed by atoms with Gasteiger partial charge in [0.2, 0.25) is 5.91 Å².